The summed E-state index contributed by atoms with van der Waals surface area (Å²) in [7, 11) is -0.500. The predicted octanol–water partition coefficient (Wildman–Crippen LogP) is 2.81. The lowest BCUT2D eigenvalue weighted by atomic mass is 9.96. The molecular weight excluding hydrogens is 388 g/mol. The minimum atomic E-state index is -3.49. The van der Waals surface area contributed by atoms with Crippen molar-refractivity contribution in [3.05, 3.63) is 48.0 Å². The Morgan fingerprint density at radius 2 is 1.79 bits per heavy atom. The molecule has 0 unspecified atom stereocenters. The van der Waals surface area contributed by atoms with Crippen LogP contribution in [0.15, 0.2) is 41.6 Å². The zero-order chi connectivity index (χ0) is 21.2. The molecule has 8 heteroatoms. The second-order valence-electron chi connectivity index (χ2n) is 8.14. The van der Waals surface area contributed by atoms with Crippen LogP contribution in [-0.4, -0.2) is 60.3 Å². The third kappa shape index (κ3) is 4.70. The van der Waals surface area contributed by atoms with Gasteiger partial charge in [-0.3, -0.25) is 4.79 Å². The van der Waals surface area contributed by atoms with E-state index in [0.29, 0.717) is 30.5 Å². The van der Waals surface area contributed by atoms with E-state index in [4.69, 9.17) is 0 Å². The summed E-state index contributed by atoms with van der Waals surface area (Å²) in [6, 6.07) is 6.21. The average Bonchev–Trinajstić information content (AvgIpc) is 3.16. The van der Waals surface area contributed by atoms with Crippen LogP contribution >= 0.6 is 0 Å². The molecule has 1 aromatic heterocycles. The lowest BCUT2D eigenvalue weighted by Crippen LogP contribution is -2.39. The number of amides is 1. The number of carbonyl (C=O) groups excluding carboxylic acids is 1. The molecule has 1 amide bonds. The highest BCUT2D eigenvalue weighted by molar-refractivity contribution is 7.89. The highest BCUT2D eigenvalue weighted by Crippen LogP contribution is 2.23. The Kier molecular flexibility index (Phi) is 6.43. The quantitative estimate of drug-likeness (QED) is 0.723. The van der Waals surface area contributed by atoms with E-state index in [1.54, 1.807) is 12.1 Å². The fraction of sp³-hybridized carbons (Fsp3) is 0.524. The number of sulfonamides is 1. The summed E-state index contributed by atoms with van der Waals surface area (Å²) in [6.45, 7) is 6.66. The van der Waals surface area contributed by atoms with Gasteiger partial charge in [-0.05, 0) is 43.0 Å². The largest absolute Gasteiger partial charge is 0.339 e. The number of imidazole rings is 1. The van der Waals surface area contributed by atoms with Gasteiger partial charge in [0, 0.05) is 57.6 Å². The number of piperidine rings is 1. The maximum Gasteiger partial charge on any atom is 0.253 e. The van der Waals surface area contributed by atoms with Crippen LogP contribution in [-0.2, 0) is 16.6 Å². The van der Waals surface area contributed by atoms with Crippen molar-refractivity contribution in [2.75, 3.05) is 27.2 Å². The van der Waals surface area contributed by atoms with E-state index < -0.39 is 10.0 Å². The van der Waals surface area contributed by atoms with Gasteiger partial charge in [0.1, 0.15) is 5.82 Å². The fourth-order valence-corrected chi connectivity index (χ4v) is 4.64. The van der Waals surface area contributed by atoms with E-state index in [1.165, 1.54) is 30.5 Å². The minimum Gasteiger partial charge on any atom is -0.339 e. The van der Waals surface area contributed by atoms with E-state index in [9.17, 15) is 13.2 Å². The molecule has 0 spiro atoms. The molecule has 0 radical (unpaired) electrons. The molecule has 1 aromatic carbocycles. The van der Waals surface area contributed by atoms with Gasteiger partial charge in [0.2, 0.25) is 10.0 Å². The first-order valence-electron chi connectivity index (χ1n) is 10.0. The Hall–Kier alpha value is -2.19. The molecule has 0 saturated carbocycles. The lowest BCUT2D eigenvalue weighted by Gasteiger charge is -2.32. The molecule has 158 valence electrons. The number of carbonyl (C=O) groups is 1. The average molecular weight is 419 g/mol. The van der Waals surface area contributed by atoms with Gasteiger partial charge < -0.3 is 9.47 Å². The van der Waals surface area contributed by atoms with Crippen molar-refractivity contribution in [3.63, 3.8) is 0 Å². The van der Waals surface area contributed by atoms with Crippen LogP contribution in [0.5, 0.6) is 0 Å². The Balaban J connectivity index is 1.59. The van der Waals surface area contributed by atoms with Gasteiger partial charge in [-0.2, -0.15) is 0 Å². The second-order valence-corrected chi connectivity index (χ2v) is 10.3. The SMILES string of the molecule is CC(C)c1nccn1CC1CCN(C(=O)c2ccc(S(=O)(=O)N(C)C)cc2)CC1. The second kappa shape index (κ2) is 8.67. The zero-order valence-corrected chi connectivity index (χ0v) is 18.4. The van der Waals surface area contributed by atoms with Crippen LogP contribution in [0, 0.1) is 5.92 Å². The molecule has 1 fully saturated rings. The molecule has 0 bridgehead atoms. The van der Waals surface area contributed by atoms with Crippen molar-refractivity contribution in [1.82, 2.24) is 18.8 Å². The third-order valence-electron chi connectivity index (χ3n) is 5.50. The van der Waals surface area contributed by atoms with E-state index in [1.807, 2.05) is 17.3 Å². The Morgan fingerprint density at radius 1 is 1.17 bits per heavy atom. The number of rotatable bonds is 6. The molecule has 2 aromatic rings. The van der Waals surface area contributed by atoms with Crippen molar-refractivity contribution in [1.29, 1.82) is 0 Å². The Bertz CT molecular complexity index is 941. The van der Waals surface area contributed by atoms with Crippen molar-refractivity contribution in [3.8, 4) is 0 Å². The Morgan fingerprint density at radius 3 is 2.34 bits per heavy atom. The summed E-state index contributed by atoms with van der Waals surface area (Å²) in [5.41, 5.74) is 0.526. The van der Waals surface area contributed by atoms with Crippen molar-refractivity contribution < 1.29 is 13.2 Å². The van der Waals surface area contributed by atoms with Gasteiger partial charge in [0.05, 0.1) is 4.90 Å². The molecule has 1 aliphatic heterocycles. The first-order valence-corrected chi connectivity index (χ1v) is 11.5. The van der Waals surface area contributed by atoms with Crippen LogP contribution in [0.4, 0.5) is 0 Å². The molecule has 0 N–H and O–H groups in total. The van der Waals surface area contributed by atoms with Crippen LogP contribution < -0.4 is 0 Å². The first-order chi connectivity index (χ1) is 13.7. The normalized spacial score (nSPS) is 16.0. The molecule has 1 aliphatic rings. The lowest BCUT2D eigenvalue weighted by molar-refractivity contribution is 0.0682. The van der Waals surface area contributed by atoms with Crippen LogP contribution in [0.2, 0.25) is 0 Å². The predicted molar refractivity (Wildman–Crippen MR) is 112 cm³/mol. The molecular formula is C21H30N4O3S. The summed E-state index contributed by atoms with van der Waals surface area (Å²) in [6.07, 6.45) is 5.80. The molecule has 0 atom stereocenters. The first kappa shape index (κ1) is 21.5. The van der Waals surface area contributed by atoms with Crippen LogP contribution in [0.25, 0.3) is 0 Å². The van der Waals surface area contributed by atoms with Crippen LogP contribution in [0.1, 0.15) is 48.8 Å². The van der Waals surface area contributed by atoms with Gasteiger partial charge in [-0.1, -0.05) is 13.8 Å². The van der Waals surface area contributed by atoms with Gasteiger partial charge >= 0.3 is 0 Å². The number of hydrogen-bond acceptors (Lipinski definition) is 4. The summed E-state index contributed by atoms with van der Waals surface area (Å²) >= 11 is 0. The van der Waals surface area contributed by atoms with Gasteiger partial charge in [-0.15, -0.1) is 0 Å². The van der Waals surface area contributed by atoms with Crippen LogP contribution in [0.3, 0.4) is 0 Å². The third-order valence-corrected chi connectivity index (χ3v) is 7.33. The molecule has 7 nitrogen and oxygen atoms in total. The minimum absolute atomic E-state index is 0.0391. The number of nitrogens with zero attached hydrogens (tertiary/aromatic N) is 4. The summed E-state index contributed by atoms with van der Waals surface area (Å²) in [5.74, 6) is 1.99. The van der Waals surface area contributed by atoms with E-state index in [-0.39, 0.29) is 10.8 Å². The van der Waals surface area contributed by atoms with Gasteiger partial charge in [0.15, 0.2) is 0 Å². The summed E-state index contributed by atoms with van der Waals surface area (Å²) in [4.78, 5) is 19.3. The monoisotopic (exact) mass is 418 g/mol. The molecule has 3 rings (SSSR count). The summed E-state index contributed by atoms with van der Waals surface area (Å²) < 4.78 is 27.7. The Labute approximate surface area is 173 Å². The van der Waals surface area contributed by atoms with E-state index in [0.717, 1.165) is 25.2 Å². The zero-order valence-electron chi connectivity index (χ0n) is 17.6. The molecule has 1 saturated heterocycles. The van der Waals surface area contributed by atoms with E-state index in [2.05, 4.69) is 23.4 Å². The highest BCUT2D eigenvalue weighted by Gasteiger charge is 2.25. The van der Waals surface area contributed by atoms with Crippen molar-refractivity contribution in [2.24, 2.45) is 5.92 Å². The smallest absolute Gasteiger partial charge is 0.253 e. The molecule has 2 heterocycles. The molecule has 29 heavy (non-hydrogen) atoms. The number of likely N-dealkylation sites (tertiary alicyclic amines) is 1. The van der Waals surface area contributed by atoms with Gasteiger partial charge in [-0.25, -0.2) is 17.7 Å². The van der Waals surface area contributed by atoms with E-state index >= 15 is 0 Å². The molecule has 0 aliphatic carbocycles. The topological polar surface area (TPSA) is 75.5 Å². The maximum absolute atomic E-state index is 12.8. The summed E-state index contributed by atoms with van der Waals surface area (Å²) in [5, 5.41) is 0. The van der Waals surface area contributed by atoms with Crippen molar-refractivity contribution >= 4 is 15.9 Å². The maximum atomic E-state index is 12.8. The number of hydrogen-bond donors (Lipinski definition) is 0. The van der Waals surface area contributed by atoms with Crippen molar-refractivity contribution in [2.45, 2.75) is 44.0 Å². The standard InChI is InChI=1S/C21H30N4O3S/c1-16(2)20-22-11-14-25(20)15-17-9-12-24(13-10-17)21(26)18-5-7-19(8-6-18)29(27,28)23(3)4/h5-8,11,14,16-17H,9-10,12-13,15H2,1-4H3. The van der Waals surface area contributed by atoms with Gasteiger partial charge in [0.25, 0.3) is 5.91 Å². The highest BCUT2D eigenvalue weighted by atomic mass is 32.2. The fourth-order valence-electron chi connectivity index (χ4n) is 3.74. The number of benzene rings is 1. The number of aromatic nitrogens is 2.